The summed E-state index contributed by atoms with van der Waals surface area (Å²) in [6.07, 6.45) is 16.2. The Morgan fingerprint density at radius 2 is 1.65 bits per heavy atom. The van der Waals surface area contributed by atoms with E-state index in [1.165, 1.54) is 12.7 Å². The van der Waals surface area contributed by atoms with Crippen LogP contribution in [0.25, 0.3) is 0 Å². The van der Waals surface area contributed by atoms with Crippen LogP contribution < -0.4 is 10.6 Å². The number of esters is 2. The third kappa shape index (κ3) is 13.8. The van der Waals surface area contributed by atoms with Crippen molar-refractivity contribution < 1.29 is 23.9 Å². The molecular formula is C36H55N5O5. The number of ether oxygens (including phenoxy) is 2. The van der Waals surface area contributed by atoms with Crippen LogP contribution in [0.1, 0.15) is 138 Å². The number of rotatable bonds is 19. The molecule has 254 valence electrons. The molecule has 2 aromatic heterocycles. The van der Waals surface area contributed by atoms with Crippen LogP contribution in [-0.4, -0.2) is 52.1 Å². The summed E-state index contributed by atoms with van der Waals surface area (Å²) in [7, 11) is 1.42. The third-order valence-electron chi connectivity index (χ3n) is 8.25. The number of nitrogens with one attached hydrogen (secondary N) is 2. The number of carbonyl (C=O) groups is 3. The summed E-state index contributed by atoms with van der Waals surface area (Å²) in [4.78, 5) is 50.1. The molecule has 1 atom stereocenters. The summed E-state index contributed by atoms with van der Waals surface area (Å²) in [6.45, 7) is 8.91. The second kappa shape index (κ2) is 19.2. The van der Waals surface area contributed by atoms with Crippen LogP contribution in [-0.2, 0) is 43.2 Å². The lowest BCUT2D eigenvalue weighted by atomic mass is 9.91. The Kier molecular flexibility index (Phi) is 15.4. The van der Waals surface area contributed by atoms with Crippen LogP contribution >= 0.6 is 0 Å². The minimum absolute atomic E-state index is 0.0499. The fraction of sp³-hybridized carbons (Fsp3) is 0.667. The Morgan fingerprint density at radius 1 is 0.957 bits per heavy atom. The van der Waals surface area contributed by atoms with Crippen molar-refractivity contribution in [2.75, 3.05) is 19.0 Å². The van der Waals surface area contributed by atoms with Crippen LogP contribution in [0.15, 0.2) is 18.5 Å². The number of anilines is 1. The van der Waals surface area contributed by atoms with Crippen molar-refractivity contribution in [1.82, 2.24) is 20.3 Å². The number of pyridine rings is 1. The fourth-order valence-electron chi connectivity index (χ4n) is 5.74. The van der Waals surface area contributed by atoms with Crippen LogP contribution in [0.2, 0.25) is 0 Å². The van der Waals surface area contributed by atoms with Crippen molar-refractivity contribution in [3.8, 4) is 0 Å². The first-order chi connectivity index (χ1) is 22.0. The smallest absolute Gasteiger partial charge is 0.306 e. The molecule has 0 bridgehead atoms. The van der Waals surface area contributed by atoms with Gasteiger partial charge in [0.15, 0.2) is 0 Å². The molecule has 0 saturated heterocycles. The molecule has 0 radical (unpaired) electrons. The maximum atomic E-state index is 12.7. The number of amides is 1. The van der Waals surface area contributed by atoms with Crippen molar-refractivity contribution in [1.29, 1.82) is 0 Å². The zero-order chi connectivity index (χ0) is 33.4. The molecule has 0 aromatic carbocycles. The standard InChI is InChI=1S/C36H55N5O5/c1-26-38-24-30(25-39-26)27(22-34(44)45-5)15-10-6-7-11-17-31-29(21-28-16-14-20-37-35(28)41-31)23-40-32(42)18-12-8-9-13-19-33(43)46-36(2,3)4/h21,24-25,27H,6-20,22-23H2,1-5H3,(H,37,41)(H,40,42). The van der Waals surface area contributed by atoms with Crippen LogP contribution in [0.3, 0.4) is 0 Å². The van der Waals surface area contributed by atoms with Crippen molar-refractivity contribution in [2.45, 2.75) is 142 Å². The summed E-state index contributed by atoms with van der Waals surface area (Å²) >= 11 is 0. The van der Waals surface area contributed by atoms with Gasteiger partial charge < -0.3 is 20.1 Å². The summed E-state index contributed by atoms with van der Waals surface area (Å²) < 4.78 is 10.3. The van der Waals surface area contributed by atoms with Crippen molar-refractivity contribution in [3.63, 3.8) is 0 Å². The molecule has 0 spiro atoms. The lowest BCUT2D eigenvalue weighted by molar-refractivity contribution is -0.155. The number of unbranched alkanes of at least 4 members (excludes halogenated alkanes) is 6. The predicted molar refractivity (Wildman–Crippen MR) is 179 cm³/mol. The highest BCUT2D eigenvalue weighted by Crippen LogP contribution is 2.27. The van der Waals surface area contributed by atoms with Gasteiger partial charge in [0.25, 0.3) is 0 Å². The zero-order valence-electron chi connectivity index (χ0n) is 28.7. The van der Waals surface area contributed by atoms with Gasteiger partial charge in [-0.2, -0.15) is 0 Å². The second-order valence-corrected chi connectivity index (χ2v) is 13.4. The van der Waals surface area contributed by atoms with E-state index in [0.717, 1.165) is 106 Å². The van der Waals surface area contributed by atoms with E-state index in [-0.39, 0.29) is 23.8 Å². The molecule has 10 nitrogen and oxygen atoms in total. The SMILES string of the molecule is COC(=O)CC(CCCCCCc1nc2c(cc1CNC(=O)CCCCCCC(=O)OC(C)(C)C)CCCN2)c1cnc(C)nc1. The number of aromatic nitrogens is 3. The van der Waals surface area contributed by atoms with Gasteiger partial charge in [-0.1, -0.05) is 32.1 Å². The summed E-state index contributed by atoms with van der Waals surface area (Å²) in [5.74, 6) is 1.42. The average Bonchev–Trinajstić information content (AvgIpc) is 3.02. The van der Waals surface area contributed by atoms with E-state index >= 15 is 0 Å². The summed E-state index contributed by atoms with van der Waals surface area (Å²) in [6, 6.07) is 2.22. The number of aryl methyl sites for hydroxylation is 3. The van der Waals surface area contributed by atoms with Gasteiger partial charge in [0.2, 0.25) is 5.91 Å². The van der Waals surface area contributed by atoms with Crippen LogP contribution in [0.5, 0.6) is 0 Å². The maximum Gasteiger partial charge on any atom is 0.306 e. The third-order valence-corrected chi connectivity index (χ3v) is 8.25. The molecule has 1 aliphatic rings. The first kappa shape index (κ1) is 36.9. The molecule has 1 unspecified atom stereocenters. The second-order valence-electron chi connectivity index (χ2n) is 13.4. The van der Waals surface area contributed by atoms with Gasteiger partial charge in [0.1, 0.15) is 17.2 Å². The Hall–Kier alpha value is -3.56. The van der Waals surface area contributed by atoms with Crippen LogP contribution in [0.4, 0.5) is 5.82 Å². The van der Waals surface area contributed by atoms with Gasteiger partial charge in [-0.15, -0.1) is 0 Å². The zero-order valence-corrected chi connectivity index (χ0v) is 28.7. The highest BCUT2D eigenvalue weighted by molar-refractivity contribution is 5.75. The van der Waals surface area contributed by atoms with Gasteiger partial charge in [-0.25, -0.2) is 15.0 Å². The molecule has 2 aromatic rings. The molecule has 0 saturated carbocycles. The molecule has 0 aliphatic carbocycles. The van der Waals surface area contributed by atoms with Gasteiger partial charge in [0.05, 0.1) is 13.5 Å². The number of nitrogens with zero attached hydrogens (tertiary/aromatic N) is 3. The molecule has 46 heavy (non-hydrogen) atoms. The van der Waals surface area contributed by atoms with Gasteiger partial charge >= 0.3 is 11.9 Å². The van der Waals surface area contributed by atoms with Crippen molar-refractivity contribution >= 4 is 23.7 Å². The molecule has 2 N–H and O–H groups in total. The van der Waals surface area contributed by atoms with E-state index < -0.39 is 5.60 Å². The highest BCUT2D eigenvalue weighted by Gasteiger charge is 2.19. The normalized spacial score (nSPS) is 13.3. The molecule has 10 heteroatoms. The van der Waals surface area contributed by atoms with Gasteiger partial charge in [0, 0.05) is 44.0 Å². The molecule has 1 amide bonds. The minimum Gasteiger partial charge on any atom is -0.469 e. The maximum absolute atomic E-state index is 12.7. The van der Waals surface area contributed by atoms with Crippen LogP contribution in [0, 0.1) is 6.92 Å². The van der Waals surface area contributed by atoms with Crippen molar-refractivity contribution in [3.05, 3.63) is 46.7 Å². The Balaban J connectivity index is 1.42. The van der Waals surface area contributed by atoms with E-state index in [4.69, 9.17) is 14.5 Å². The topological polar surface area (TPSA) is 132 Å². The lowest BCUT2D eigenvalue weighted by Gasteiger charge is -2.20. The minimum atomic E-state index is -0.449. The average molecular weight is 638 g/mol. The molecule has 3 heterocycles. The summed E-state index contributed by atoms with van der Waals surface area (Å²) in [5, 5.41) is 6.57. The Morgan fingerprint density at radius 3 is 2.37 bits per heavy atom. The van der Waals surface area contributed by atoms with Gasteiger partial charge in [-0.3, -0.25) is 14.4 Å². The van der Waals surface area contributed by atoms with E-state index in [2.05, 4.69) is 26.7 Å². The lowest BCUT2D eigenvalue weighted by Crippen LogP contribution is -2.24. The quantitative estimate of drug-likeness (QED) is 0.128. The van der Waals surface area contributed by atoms with E-state index in [9.17, 15) is 14.4 Å². The van der Waals surface area contributed by atoms with Gasteiger partial charge in [-0.05, 0) is 101 Å². The first-order valence-electron chi connectivity index (χ1n) is 17.1. The Labute approximate surface area is 275 Å². The largest absolute Gasteiger partial charge is 0.469 e. The molecular weight excluding hydrogens is 582 g/mol. The highest BCUT2D eigenvalue weighted by atomic mass is 16.6. The van der Waals surface area contributed by atoms with E-state index in [0.29, 0.717) is 31.6 Å². The number of methoxy groups -OCH3 is 1. The number of fused-ring (bicyclic) bond motifs is 1. The molecule has 3 rings (SSSR count). The number of hydrogen-bond donors (Lipinski definition) is 2. The fourth-order valence-corrected chi connectivity index (χ4v) is 5.74. The molecule has 0 fully saturated rings. The van der Waals surface area contributed by atoms with Crippen molar-refractivity contribution in [2.24, 2.45) is 0 Å². The summed E-state index contributed by atoms with van der Waals surface area (Å²) in [5.41, 5.74) is 3.91. The first-order valence-corrected chi connectivity index (χ1v) is 17.1. The number of hydrogen-bond acceptors (Lipinski definition) is 9. The van der Waals surface area contributed by atoms with E-state index in [1.807, 2.05) is 40.1 Å². The van der Waals surface area contributed by atoms with E-state index in [1.54, 1.807) is 0 Å². The predicted octanol–water partition coefficient (Wildman–Crippen LogP) is 6.68. The Bertz CT molecular complexity index is 1260. The monoisotopic (exact) mass is 637 g/mol. The number of carbonyl (C=O) groups excluding carboxylic acids is 3. The molecule has 1 aliphatic heterocycles.